The highest BCUT2D eigenvalue weighted by Crippen LogP contribution is 2.39. The van der Waals surface area contributed by atoms with E-state index in [4.69, 9.17) is 16.3 Å². The predicted molar refractivity (Wildman–Crippen MR) is 115 cm³/mol. The molecule has 35 heavy (non-hydrogen) atoms. The molecule has 0 unspecified atom stereocenters. The highest BCUT2D eigenvalue weighted by Gasteiger charge is 2.33. The number of nitrogens with zero attached hydrogens (tertiary/aromatic N) is 2. The fourth-order valence-corrected chi connectivity index (χ4v) is 3.14. The summed E-state index contributed by atoms with van der Waals surface area (Å²) < 4.78 is 82.1. The maximum atomic E-state index is 12.9. The van der Waals surface area contributed by atoms with Crippen molar-refractivity contribution in [1.29, 1.82) is 5.26 Å². The zero-order valence-corrected chi connectivity index (χ0v) is 17.9. The molecule has 0 atom stereocenters. The molecule has 0 aliphatic carbocycles. The zero-order chi connectivity index (χ0) is 26.0. The summed E-state index contributed by atoms with van der Waals surface area (Å²) in [4.78, 5) is 10.2. The lowest BCUT2D eigenvalue weighted by atomic mass is 10.0. The van der Waals surface area contributed by atoms with Gasteiger partial charge in [-0.25, -0.2) is 0 Å². The van der Waals surface area contributed by atoms with Gasteiger partial charge >= 0.3 is 18.0 Å². The quantitative estimate of drug-likeness (QED) is 0.114. The van der Waals surface area contributed by atoms with Crippen molar-refractivity contribution in [2.24, 2.45) is 0 Å². The number of nitriles is 1. The average Bonchev–Trinajstić information content (AvgIpc) is 2.78. The Labute approximate surface area is 198 Å². The van der Waals surface area contributed by atoms with E-state index in [9.17, 15) is 41.7 Å². The Hall–Kier alpha value is -4.04. The highest BCUT2D eigenvalue weighted by molar-refractivity contribution is 6.32. The lowest BCUT2D eigenvalue weighted by Crippen LogP contribution is -2.06. The molecule has 0 heterocycles. The van der Waals surface area contributed by atoms with Gasteiger partial charge in [-0.2, -0.15) is 31.6 Å². The minimum Gasteiger partial charge on any atom is -0.449 e. The van der Waals surface area contributed by atoms with Crippen LogP contribution >= 0.6 is 11.6 Å². The van der Waals surface area contributed by atoms with E-state index in [-0.39, 0.29) is 21.9 Å². The second-order valence-electron chi connectivity index (χ2n) is 6.97. The molecule has 0 spiro atoms. The molecule has 0 radical (unpaired) electrons. The smallest absolute Gasteiger partial charge is 0.416 e. The number of hydrogen-bond donors (Lipinski definition) is 0. The first-order valence-electron chi connectivity index (χ1n) is 9.42. The zero-order valence-electron chi connectivity index (χ0n) is 17.1. The molecule has 3 rings (SSSR count). The van der Waals surface area contributed by atoms with Crippen LogP contribution in [0, 0.1) is 21.4 Å². The fourth-order valence-electron chi connectivity index (χ4n) is 2.92. The van der Waals surface area contributed by atoms with Gasteiger partial charge in [0.1, 0.15) is 5.75 Å². The fraction of sp³-hybridized carbons (Fsp3) is 0.0870. The molecule has 0 amide bonds. The Morgan fingerprint density at radius 3 is 2.00 bits per heavy atom. The number of nitro groups is 1. The summed E-state index contributed by atoms with van der Waals surface area (Å²) in [6.45, 7) is 0. The van der Waals surface area contributed by atoms with E-state index in [1.54, 1.807) is 0 Å². The van der Waals surface area contributed by atoms with Crippen molar-refractivity contribution < 1.29 is 36.0 Å². The van der Waals surface area contributed by atoms with Crippen LogP contribution in [0.4, 0.5) is 32.0 Å². The van der Waals surface area contributed by atoms with E-state index in [1.165, 1.54) is 24.3 Å². The largest absolute Gasteiger partial charge is 0.449 e. The molecule has 0 aliphatic rings. The van der Waals surface area contributed by atoms with Crippen LogP contribution in [-0.4, -0.2) is 4.92 Å². The lowest BCUT2D eigenvalue weighted by molar-refractivity contribution is -0.385. The first kappa shape index (κ1) is 25.6. The van der Waals surface area contributed by atoms with Crippen LogP contribution in [0.25, 0.3) is 11.6 Å². The molecule has 0 bridgehead atoms. The Balaban J connectivity index is 1.89. The third kappa shape index (κ3) is 6.10. The van der Waals surface area contributed by atoms with E-state index in [0.29, 0.717) is 17.7 Å². The van der Waals surface area contributed by atoms with E-state index in [0.717, 1.165) is 30.3 Å². The number of hydrogen-bond acceptors (Lipinski definition) is 4. The maximum Gasteiger partial charge on any atom is 0.416 e. The summed E-state index contributed by atoms with van der Waals surface area (Å²) in [6, 6.07) is 11.6. The van der Waals surface area contributed by atoms with Crippen molar-refractivity contribution in [2.45, 2.75) is 12.4 Å². The first-order valence-corrected chi connectivity index (χ1v) is 9.80. The molecule has 0 aromatic heterocycles. The van der Waals surface area contributed by atoms with Crippen molar-refractivity contribution in [2.75, 3.05) is 0 Å². The summed E-state index contributed by atoms with van der Waals surface area (Å²) in [6.07, 6.45) is -7.97. The molecule has 0 N–H and O–H groups in total. The van der Waals surface area contributed by atoms with Crippen molar-refractivity contribution in [1.82, 2.24) is 0 Å². The normalized spacial score (nSPS) is 12.2. The molecule has 180 valence electrons. The minimum atomic E-state index is -4.79. The maximum absolute atomic E-state index is 12.9. The molecule has 3 aromatic rings. The summed E-state index contributed by atoms with van der Waals surface area (Å²) in [7, 11) is 0. The molecule has 5 nitrogen and oxygen atoms in total. The van der Waals surface area contributed by atoms with Crippen molar-refractivity contribution >= 4 is 28.9 Å². The second-order valence-corrected chi connectivity index (χ2v) is 7.38. The van der Waals surface area contributed by atoms with Gasteiger partial charge in [-0.15, -0.1) is 0 Å². The molecule has 0 aliphatic heterocycles. The van der Waals surface area contributed by atoms with Crippen molar-refractivity contribution in [3.05, 3.63) is 98.1 Å². The Bertz CT molecular complexity index is 1340. The van der Waals surface area contributed by atoms with Crippen LogP contribution in [0.1, 0.15) is 22.3 Å². The monoisotopic (exact) mass is 512 g/mol. The van der Waals surface area contributed by atoms with Gasteiger partial charge in [0, 0.05) is 6.07 Å². The number of allylic oxidation sites excluding steroid dienone is 1. The topological polar surface area (TPSA) is 76.2 Å². The van der Waals surface area contributed by atoms with Crippen LogP contribution in [0.2, 0.25) is 5.02 Å². The Kier molecular flexibility index (Phi) is 7.07. The Morgan fingerprint density at radius 1 is 0.914 bits per heavy atom. The molecule has 0 fully saturated rings. The second kappa shape index (κ2) is 9.68. The summed E-state index contributed by atoms with van der Waals surface area (Å²) in [5.74, 6) is -0.588. The van der Waals surface area contributed by atoms with Gasteiger partial charge in [-0.05, 0) is 53.6 Å². The third-order valence-electron chi connectivity index (χ3n) is 4.61. The van der Waals surface area contributed by atoms with E-state index in [1.807, 2.05) is 6.07 Å². The molecular weight excluding hydrogens is 502 g/mol. The van der Waals surface area contributed by atoms with Crippen LogP contribution in [-0.2, 0) is 12.4 Å². The van der Waals surface area contributed by atoms with Crippen molar-refractivity contribution in [3.8, 4) is 17.6 Å². The van der Waals surface area contributed by atoms with Crippen LogP contribution in [0.15, 0.2) is 60.7 Å². The molecule has 0 saturated heterocycles. The van der Waals surface area contributed by atoms with Crippen LogP contribution < -0.4 is 4.74 Å². The van der Waals surface area contributed by atoms with E-state index < -0.39 is 39.8 Å². The standard InChI is InChI=1S/C23H11ClF6N2O3/c24-18-10-13(9-15(12-31)14-2-4-16(5-3-14)22(25,26)27)1-7-20(18)35-21-8-6-17(23(28,29)30)11-19(21)32(33)34/h1-11H/b15-9-. The molecular formula is C23H11ClF6N2O3. The van der Waals surface area contributed by atoms with Gasteiger partial charge in [-0.3, -0.25) is 10.1 Å². The molecule has 3 aromatic carbocycles. The molecule has 0 saturated carbocycles. The lowest BCUT2D eigenvalue weighted by Gasteiger charge is -2.11. The first-order chi connectivity index (χ1) is 16.3. The third-order valence-corrected chi connectivity index (χ3v) is 4.91. The summed E-state index contributed by atoms with van der Waals surface area (Å²) in [5, 5.41) is 20.5. The Morgan fingerprint density at radius 2 is 1.49 bits per heavy atom. The minimum absolute atomic E-state index is 0.0295. The van der Waals surface area contributed by atoms with Crippen LogP contribution in [0.3, 0.4) is 0 Å². The number of rotatable bonds is 5. The highest BCUT2D eigenvalue weighted by atomic mass is 35.5. The molecule has 12 heteroatoms. The van der Waals surface area contributed by atoms with Gasteiger partial charge in [0.15, 0.2) is 0 Å². The van der Waals surface area contributed by atoms with E-state index >= 15 is 0 Å². The summed E-state index contributed by atoms with van der Waals surface area (Å²) >= 11 is 6.15. The van der Waals surface area contributed by atoms with Gasteiger partial charge in [0.25, 0.3) is 0 Å². The summed E-state index contributed by atoms with van der Waals surface area (Å²) in [5.41, 5.74) is -2.43. The van der Waals surface area contributed by atoms with Crippen LogP contribution in [0.5, 0.6) is 11.5 Å². The van der Waals surface area contributed by atoms with Crippen molar-refractivity contribution in [3.63, 3.8) is 0 Å². The van der Waals surface area contributed by atoms with Gasteiger partial charge in [0.05, 0.1) is 32.7 Å². The van der Waals surface area contributed by atoms with E-state index in [2.05, 4.69) is 0 Å². The van der Waals surface area contributed by atoms with Gasteiger partial charge < -0.3 is 4.74 Å². The number of ether oxygens (including phenoxy) is 1. The van der Waals surface area contributed by atoms with Gasteiger partial charge in [0.2, 0.25) is 5.75 Å². The van der Waals surface area contributed by atoms with Gasteiger partial charge in [-0.1, -0.05) is 29.8 Å². The number of nitro benzene ring substituents is 1. The SMILES string of the molecule is N#C/C(=C/c1ccc(Oc2ccc(C(F)(F)F)cc2[N+](=O)[O-])c(Cl)c1)c1ccc(C(F)(F)F)cc1. The number of halogens is 7. The number of alkyl halides is 6. The average molecular weight is 513 g/mol. The number of benzene rings is 3. The predicted octanol–water partition coefficient (Wildman–Crippen LogP) is 8.14.